The highest BCUT2D eigenvalue weighted by atomic mass is 16.5. The van der Waals surface area contributed by atoms with Crippen LogP contribution in [-0.4, -0.2) is 145 Å². The van der Waals surface area contributed by atoms with E-state index in [1.54, 1.807) is 7.11 Å². The summed E-state index contributed by atoms with van der Waals surface area (Å²) in [5.41, 5.74) is 0. The van der Waals surface area contributed by atoms with Crippen molar-refractivity contribution in [1.82, 2.24) is 42.5 Å². The molecule has 0 fully saturated rings. The zero-order valence-electron chi connectivity index (χ0n) is 46.7. The number of unbranched alkanes of at least 4 members (excludes halogenated alkanes) is 25. The Kier molecular flexibility index (Phi) is 65.3. The fraction of sp³-hybridized carbons (Fsp3) is 0.966. The summed E-state index contributed by atoms with van der Waals surface area (Å²) in [6.45, 7) is 15.3. The summed E-state index contributed by atoms with van der Waals surface area (Å²) in [4.78, 5) is 24.3. The average molecular weight is 1010 g/mol. The molecule has 0 saturated heterocycles. The van der Waals surface area contributed by atoms with Crippen LogP contribution in [-0.2, 0) is 23.8 Å². The highest BCUT2D eigenvalue weighted by Crippen LogP contribution is 2.16. The second-order valence-electron chi connectivity index (χ2n) is 20.1. The Morgan fingerprint density at radius 1 is 0.338 bits per heavy atom. The minimum atomic E-state index is 0. The van der Waals surface area contributed by atoms with E-state index in [1.165, 1.54) is 186 Å². The molecule has 0 heterocycles. The van der Waals surface area contributed by atoms with Crippen molar-refractivity contribution >= 4 is 11.8 Å². The van der Waals surface area contributed by atoms with Crippen molar-refractivity contribution < 1.29 is 23.8 Å². The van der Waals surface area contributed by atoms with Crippen LogP contribution >= 0.6 is 0 Å². The largest absolute Gasteiger partial charge is 0.382 e. The van der Waals surface area contributed by atoms with E-state index in [9.17, 15) is 9.59 Å². The summed E-state index contributed by atoms with van der Waals surface area (Å²) in [6, 6.07) is 0. The number of carbonyl (C=O) groups is 2. The van der Waals surface area contributed by atoms with E-state index < -0.39 is 0 Å². The molecule has 0 aliphatic heterocycles. The van der Waals surface area contributed by atoms with Gasteiger partial charge >= 0.3 is 0 Å². The SMILES string of the molecule is C.CNCCCNCCCCNCC(CCCCCCNC(=O)CCCCCCCCCCCCCCCCCCCCCCCNC(=O)CCOCCOCCOC)CNCCCCNCCCNC. The van der Waals surface area contributed by atoms with Crippen LogP contribution in [0, 0.1) is 5.92 Å². The Morgan fingerprint density at radius 2 is 0.662 bits per heavy atom. The van der Waals surface area contributed by atoms with Gasteiger partial charge in [-0.1, -0.05) is 149 Å². The van der Waals surface area contributed by atoms with E-state index >= 15 is 0 Å². The van der Waals surface area contributed by atoms with Crippen LogP contribution in [0.15, 0.2) is 0 Å². The molecule has 0 aromatic carbocycles. The predicted octanol–water partition coefficient (Wildman–Crippen LogP) is 10.2. The second-order valence-corrected chi connectivity index (χ2v) is 20.1. The van der Waals surface area contributed by atoms with E-state index in [0.717, 1.165) is 97.8 Å². The van der Waals surface area contributed by atoms with Crippen molar-refractivity contribution in [3.8, 4) is 0 Å². The van der Waals surface area contributed by atoms with Crippen molar-refractivity contribution in [2.45, 2.75) is 226 Å². The van der Waals surface area contributed by atoms with Crippen LogP contribution in [0.4, 0.5) is 0 Å². The molecule has 71 heavy (non-hydrogen) atoms. The van der Waals surface area contributed by atoms with Gasteiger partial charge in [-0.2, -0.15) is 0 Å². The van der Waals surface area contributed by atoms with Crippen LogP contribution in [0.5, 0.6) is 0 Å². The molecule has 0 bridgehead atoms. The van der Waals surface area contributed by atoms with Crippen LogP contribution in [0.1, 0.15) is 226 Å². The zero-order valence-corrected chi connectivity index (χ0v) is 46.7. The number of nitrogens with one attached hydrogen (secondary N) is 8. The molecular weight excluding hydrogens is 889 g/mol. The first-order valence-corrected chi connectivity index (χ1v) is 29.9. The summed E-state index contributed by atoms with van der Waals surface area (Å²) in [7, 11) is 5.69. The van der Waals surface area contributed by atoms with Crippen molar-refractivity contribution in [3.05, 3.63) is 0 Å². The molecule has 0 aliphatic carbocycles. The number of hydrogen-bond acceptors (Lipinski definition) is 11. The summed E-state index contributed by atoms with van der Waals surface area (Å²) in [5.74, 6) is 1.01. The van der Waals surface area contributed by atoms with Gasteiger partial charge in [-0.25, -0.2) is 0 Å². The van der Waals surface area contributed by atoms with E-state index in [1.807, 2.05) is 14.1 Å². The van der Waals surface area contributed by atoms with E-state index in [0.29, 0.717) is 51.8 Å². The Morgan fingerprint density at radius 3 is 1.08 bits per heavy atom. The maximum Gasteiger partial charge on any atom is 0.222 e. The first-order chi connectivity index (χ1) is 34.6. The number of methoxy groups -OCH3 is 1. The third-order valence-electron chi connectivity index (χ3n) is 13.4. The van der Waals surface area contributed by atoms with Gasteiger partial charge in [-0.15, -0.1) is 0 Å². The van der Waals surface area contributed by atoms with Crippen LogP contribution in [0.3, 0.4) is 0 Å². The predicted molar refractivity (Wildman–Crippen MR) is 306 cm³/mol. The molecule has 0 atom stereocenters. The maximum absolute atomic E-state index is 12.4. The lowest BCUT2D eigenvalue weighted by atomic mass is 10.00. The molecule has 13 nitrogen and oxygen atoms in total. The summed E-state index contributed by atoms with van der Waals surface area (Å²) < 4.78 is 15.7. The lowest BCUT2D eigenvalue weighted by Gasteiger charge is -2.19. The smallest absolute Gasteiger partial charge is 0.222 e. The fourth-order valence-corrected chi connectivity index (χ4v) is 8.86. The highest BCUT2D eigenvalue weighted by Gasteiger charge is 2.09. The Labute approximate surface area is 441 Å². The molecule has 13 heteroatoms. The number of amides is 2. The maximum atomic E-state index is 12.4. The topological polar surface area (TPSA) is 158 Å². The normalized spacial score (nSPS) is 11.4. The minimum absolute atomic E-state index is 0. The standard InChI is InChI=1S/C57H120N8O5.CH4/c1-58-38-33-44-60-40-29-31-42-62-53-55(54-63-43-32-30-41-61-45-34-39-59-2)35-25-22-24-28-46-64-56(66)36-26-21-19-17-15-13-11-9-7-5-4-6-8-10-12-14-16-18-20-23-27-47-65-57(67)37-48-69-51-52-70-50-49-68-3;/h55,58-63H,4-54H2,1-3H3,(H,64,66)(H,65,67);1H4. The van der Waals surface area contributed by atoms with Crippen LogP contribution in [0.2, 0.25) is 0 Å². The third-order valence-corrected chi connectivity index (χ3v) is 13.4. The van der Waals surface area contributed by atoms with Crippen molar-refractivity contribution in [2.24, 2.45) is 5.92 Å². The van der Waals surface area contributed by atoms with Crippen LogP contribution < -0.4 is 42.5 Å². The molecule has 0 aromatic heterocycles. The molecule has 8 N–H and O–H groups in total. The van der Waals surface area contributed by atoms with Crippen molar-refractivity contribution in [1.29, 1.82) is 0 Å². The molecule has 0 aliphatic rings. The van der Waals surface area contributed by atoms with Crippen molar-refractivity contribution in [3.63, 3.8) is 0 Å². The van der Waals surface area contributed by atoms with Gasteiger partial charge in [0.2, 0.25) is 11.8 Å². The Bertz CT molecular complexity index is 994. The fourth-order valence-electron chi connectivity index (χ4n) is 8.86. The van der Waals surface area contributed by atoms with Gasteiger partial charge < -0.3 is 56.7 Å². The first kappa shape index (κ1) is 71.7. The number of carbonyl (C=O) groups excluding carboxylic acids is 2. The van der Waals surface area contributed by atoms with Gasteiger partial charge in [0.05, 0.1) is 33.0 Å². The number of rotatable bonds is 62. The van der Waals surface area contributed by atoms with Crippen molar-refractivity contribution in [2.75, 3.05) is 133 Å². The van der Waals surface area contributed by atoms with Gasteiger partial charge in [0.15, 0.2) is 0 Å². The molecule has 0 spiro atoms. The molecule has 0 radical (unpaired) electrons. The molecular formula is C58H124N8O5. The van der Waals surface area contributed by atoms with E-state index in [4.69, 9.17) is 14.2 Å². The zero-order chi connectivity index (χ0) is 50.6. The minimum Gasteiger partial charge on any atom is -0.382 e. The van der Waals surface area contributed by atoms with Gasteiger partial charge in [-0.05, 0) is 150 Å². The monoisotopic (exact) mass is 1010 g/mol. The third kappa shape index (κ3) is 62.8. The number of ether oxygens (including phenoxy) is 3. The van der Waals surface area contributed by atoms with E-state index in [-0.39, 0.29) is 19.2 Å². The molecule has 0 saturated carbocycles. The second kappa shape index (κ2) is 64.7. The molecule has 0 rings (SSSR count). The summed E-state index contributed by atoms with van der Waals surface area (Å²) in [5, 5.41) is 27.3. The summed E-state index contributed by atoms with van der Waals surface area (Å²) in [6.07, 6.45) is 42.3. The molecule has 426 valence electrons. The van der Waals surface area contributed by atoms with Gasteiger partial charge in [-0.3, -0.25) is 9.59 Å². The highest BCUT2D eigenvalue weighted by molar-refractivity contribution is 5.76. The average Bonchev–Trinajstić information content (AvgIpc) is 3.36. The van der Waals surface area contributed by atoms with Gasteiger partial charge in [0.1, 0.15) is 0 Å². The number of hydrogen-bond donors (Lipinski definition) is 8. The Balaban J connectivity index is 0. The lowest BCUT2D eigenvalue weighted by molar-refractivity contribution is -0.122. The summed E-state index contributed by atoms with van der Waals surface area (Å²) >= 11 is 0. The molecule has 0 unspecified atom stereocenters. The van der Waals surface area contributed by atoms with Gasteiger partial charge in [0.25, 0.3) is 0 Å². The molecule has 2 amide bonds. The Hall–Kier alpha value is -1.42. The van der Waals surface area contributed by atoms with Crippen LogP contribution in [0.25, 0.3) is 0 Å². The first-order valence-electron chi connectivity index (χ1n) is 29.9. The molecule has 0 aromatic rings. The lowest BCUT2D eigenvalue weighted by Crippen LogP contribution is -2.32. The van der Waals surface area contributed by atoms with Gasteiger partial charge in [0, 0.05) is 33.0 Å². The van der Waals surface area contributed by atoms with E-state index in [2.05, 4.69) is 42.5 Å². The quantitative estimate of drug-likeness (QED) is 0.0274.